The zero-order valence-electron chi connectivity index (χ0n) is 11.5. The number of amides is 1. The average Bonchev–Trinajstić information content (AvgIpc) is 2.84. The third-order valence-electron chi connectivity index (χ3n) is 4.56. The van der Waals surface area contributed by atoms with Crippen molar-refractivity contribution in [2.45, 2.75) is 51.5 Å². The Morgan fingerprint density at radius 3 is 2.83 bits per heavy atom. The van der Waals surface area contributed by atoms with Crippen LogP contribution in [-0.2, 0) is 4.79 Å². The first-order valence-corrected chi connectivity index (χ1v) is 7.30. The quantitative estimate of drug-likeness (QED) is 0.791. The van der Waals surface area contributed by atoms with Crippen LogP contribution < -0.4 is 5.32 Å². The highest BCUT2D eigenvalue weighted by molar-refractivity contribution is 5.83. The lowest BCUT2D eigenvalue weighted by atomic mass is 9.79. The van der Waals surface area contributed by atoms with Gasteiger partial charge in [0, 0.05) is 24.6 Å². The molecule has 2 heterocycles. The SMILES string of the molecule is CC1(C(=O)N2CCCC2CCCO)CCNCC1. The van der Waals surface area contributed by atoms with Crippen molar-refractivity contribution in [3.05, 3.63) is 0 Å². The predicted octanol–water partition coefficient (Wildman–Crippen LogP) is 1.14. The number of piperidine rings is 1. The van der Waals surface area contributed by atoms with Gasteiger partial charge in [0.25, 0.3) is 0 Å². The van der Waals surface area contributed by atoms with E-state index in [1.165, 1.54) is 0 Å². The van der Waals surface area contributed by atoms with Gasteiger partial charge in [0.1, 0.15) is 0 Å². The Hall–Kier alpha value is -0.610. The molecule has 0 bridgehead atoms. The van der Waals surface area contributed by atoms with Gasteiger partial charge in [-0.25, -0.2) is 0 Å². The van der Waals surface area contributed by atoms with E-state index in [0.717, 1.165) is 58.2 Å². The van der Waals surface area contributed by atoms with Gasteiger partial charge in [0.2, 0.25) is 5.91 Å². The largest absolute Gasteiger partial charge is 0.396 e. The number of carbonyl (C=O) groups is 1. The van der Waals surface area contributed by atoms with E-state index in [9.17, 15) is 4.79 Å². The third-order valence-corrected chi connectivity index (χ3v) is 4.56. The predicted molar refractivity (Wildman–Crippen MR) is 71.3 cm³/mol. The lowest BCUT2D eigenvalue weighted by molar-refractivity contribution is -0.143. The molecule has 0 saturated carbocycles. The van der Waals surface area contributed by atoms with Crippen molar-refractivity contribution in [1.82, 2.24) is 10.2 Å². The third kappa shape index (κ3) is 2.86. The average molecular weight is 254 g/mol. The number of likely N-dealkylation sites (tertiary alicyclic amines) is 1. The molecule has 4 nitrogen and oxygen atoms in total. The second-order valence-corrected chi connectivity index (χ2v) is 5.97. The standard InChI is InChI=1S/C14H26N2O2/c1-14(6-8-15-9-7-14)13(18)16-10-2-4-12(16)5-3-11-17/h12,15,17H,2-11H2,1H3. The van der Waals surface area contributed by atoms with Crippen molar-refractivity contribution in [3.63, 3.8) is 0 Å². The van der Waals surface area contributed by atoms with Gasteiger partial charge in [-0.3, -0.25) is 4.79 Å². The molecule has 1 atom stereocenters. The summed E-state index contributed by atoms with van der Waals surface area (Å²) in [5.41, 5.74) is -0.160. The maximum absolute atomic E-state index is 12.7. The first kappa shape index (κ1) is 13.8. The molecule has 0 radical (unpaired) electrons. The molecule has 0 aromatic rings. The lowest BCUT2D eigenvalue weighted by Gasteiger charge is -2.38. The van der Waals surface area contributed by atoms with Crippen LogP contribution in [0.25, 0.3) is 0 Å². The minimum Gasteiger partial charge on any atom is -0.396 e. The fourth-order valence-electron chi connectivity index (χ4n) is 3.27. The number of carbonyl (C=O) groups excluding carboxylic acids is 1. The Kier molecular flexibility index (Phi) is 4.62. The van der Waals surface area contributed by atoms with Crippen LogP contribution >= 0.6 is 0 Å². The van der Waals surface area contributed by atoms with Crippen molar-refractivity contribution < 1.29 is 9.90 Å². The summed E-state index contributed by atoms with van der Waals surface area (Å²) >= 11 is 0. The fourth-order valence-corrected chi connectivity index (χ4v) is 3.27. The topological polar surface area (TPSA) is 52.6 Å². The van der Waals surface area contributed by atoms with Crippen LogP contribution in [0.3, 0.4) is 0 Å². The van der Waals surface area contributed by atoms with Gasteiger partial charge in [0.05, 0.1) is 0 Å². The molecule has 2 aliphatic heterocycles. The van der Waals surface area contributed by atoms with E-state index in [1.807, 2.05) is 0 Å². The molecule has 2 rings (SSSR count). The van der Waals surface area contributed by atoms with E-state index in [4.69, 9.17) is 5.11 Å². The van der Waals surface area contributed by atoms with Gasteiger partial charge in [-0.15, -0.1) is 0 Å². The van der Waals surface area contributed by atoms with Crippen LogP contribution in [0.4, 0.5) is 0 Å². The molecular formula is C14H26N2O2. The van der Waals surface area contributed by atoms with Gasteiger partial charge >= 0.3 is 0 Å². The molecule has 2 saturated heterocycles. The van der Waals surface area contributed by atoms with E-state index < -0.39 is 0 Å². The molecule has 0 aromatic carbocycles. The van der Waals surface area contributed by atoms with Crippen LogP contribution in [0.15, 0.2) is 0 Å². The summed E-state index contributed by atoms with van der Waals surface area (Å²) in [6, 6.07) is 0.372. The van der Waals surface area contributed by atoms with Gasteiger partial charge < -0.3 is 15.3 Å². The molecule has 1 unspecified atom stereocenters. The molecule has 1 amide bonds. The number of aliphatic hydroxyl groups excluding tert-OH is 1. The van der Waals surface area contributed by atoms with Gasteiger partial charge in [-0.1, -0.05) is 6.92 Å². The normalized spacial score (nSPS) is 27.4. The van der Waals surface area contributed by atoms with E-state index in [-0.39, 0.29) is 12.0 Å². The van der Waals surface area contributed by atoms with Crippen molar-refractivity contribution in [3.8, 4) is 0 Å². The molecule has 18 heavy (non-hydrogen) atoms. The monoisotopic (exact) mass is 254 g/mol. The summed E-state index contributed by atoms with van der Waals surface area (Å²) in [5, 5.41) is 12.3. The summed E-state index contributed by atoms with van der Waals surface area (Å²) in [5.74, 6) is 0.351. The Bertz CT molecular complexity index is 288. The maximum atomic E-state index is 12.7. The minimum absolute atomic E-state index is 0.160. The van der Waals surface area contributed by atoms with Crippen molar-refractivity contribution >= 4 is 5.91 Å². The number of nitrogens with one attached hydrogen (secondary N) is 1. The number of nitrogens with zero attached hydrogens (tertiary/aromatic N) is 1. The number of hydrogen-bond acceptors (Lipinski definition) is 3. The Morgan fingerprint density at radius 2 is 2.17 bits per heavy atom. The van der Waals surface area contributed by atoms with E-state index in [0.29, 0.717) is 11.9 Å². The summed E-state index contributed by atoms with van der Waals surface area (Å²) in [7, 11) is 0. The highest BCUT2D eigenvalue weighted by atomic mass is 16.3. The second-order valence-electron chi connectivity index (χ2n) is 5.97. The Labute approximate surface area is 110 Å². The van der Waals surface area contributed by atoms with Crippen molar-refractivity contribution in [1.29, 1.82) is 0 Å². The van der Waals surface area contributed by atoms with Gasteiger partial charge in [-0.2, -0.15) is 0 Å². The highest BCUT2D eigenvalue weighted by Gasteiger charge is 2.41. The van der Waals surface area contributed by atoms with Crippen LogP contribution in [0.1, 0.15) is 45.4 Å². The van der Waals surface area contributed by atoms with Crippen LogP contribution in [0.2, 0.25) is 0 Å². The van der Waals surface area contributed by atoms with Crippen molar-refractivity contribution in [2.75, 3.05) is 26.2 Å². The zero-order chi connectivity index (χ0) is 13.0. The molecule has 0 aromatic heterocycles. The lowest BCUT2D eigenvalue weighted by Crippen LogP contribution is -2.49. The van der Waals surface area contributed by atoms with E-state index in [2.05, 4.69) is 17.1 Å². The fraction of sp³-hybridized carbons (Fsp3) is 0.929. The molecule has 4 heteroatoms. The molecule has 2 N–H and O–H groups in total. The maximum Gasteiger partial charge on any atom is 0.228 e. The number of rotatable bonds is 4. The first-order chi connectivity index (χ1) is 8.67. The van der Waals surface area contributed by atoms with Gasteiger partial charge in [0.15, 0.2) is 0 Å². The second kappa shape index (κ2) is 6.02. The summed E-state index contributed by atoms with van der Waals surface area (Å²) in [6.45, 7) is 5.18. The molecule has 2 fully saturated rings. The van der Waals surface area contributed by atoms with Gasteiger partial charge in [-0.05, 0) is 51.6 Å². The Balaban J connectivity index is 1.98. The molecule has 2 aliphatic rings. The first-order valence-electron chi connectivity index (χ1n) is 7.30. The van der Waals surface area contributed by atoms with E-state index >= 15 is 0 Å². The Morgan fingerprint density at radius 1 is 1.44 bits per heavy atom. The van der Waals surface area contributed by atoms with Crippen LogP contribution in [0, 0.1) is 5.41 Å². The van der Waals surface area contributed by atoms with E-state index in [1.54, 1.807) is 0 Å². The summed E-state index contributed by atoms with van der Waals surface area (Å²) in [6.07, 6.45) is 5.91. The number of aliphatic hydroxyl groups is 1. The zero-order valence-corrected chi connectivity index (χ0v) is 11.5. The van der Waals surface area contributed by atoms with Crippen molar-refractivity contribution in [2.24, 2.45) is 5.41 Å². The molecule has 104 valence electrons. The highest BCUT2D eigenvalue weighted by Crippen LogP contribution is 2.34. The summed E-state index contributed by atoms with van der Waals surface area (Å²) in [4.78, 5) is 14.8. The van der Waals surface area contributed by atoms with Crippen LogP contribution in [-0.4, -0.2) is 48.2 Å². The number of hydrogen-bond donors (Lipinski definition) is 2. The summed E-state index contributed by atoms with van der Waals surface area (Å²) < 4.78 is 0. The molecule has 0 spiro atoms. The van der Waals surface area contributed by atoms with Crippen LogP contribution in [0.5, 0.6) is 0 Å². The molecule has 0 aliphatic carbocycles. The molecular weight excluding hydrogens is 228 g/mol. The smallest absolute Gasteiger partial charge is 0.228 e. The minimum atomic E-state index is -0.160.